The van der Waals surface area contributed by atoms with E-state index in [1.54, 1.807) is 0 Å². The number of ether oxygens (including phenoxy) is 2. The molecule has 4 amide bonds. The summed E-state index contributed by atoms with van der Waals surface area (Å²) < 4.78 is 10.3. The minimum absolute atomic E-state index is 0.105. The Bertz CT molecular complexity index is 2510. The van der Waals surface area contributed by atoms with E-state index >= 15 is 0 Å². The van der Waals surface area contributed by atoms with Crippen molar-refractivity contribution in [2.75, 3.05) is 20.3 Å². The van der Waals surface area contributed by atoms with Gasteiger partial charge < -0.3 is 45.0 Å². The first-order valence-corrected chi connectivity index (χ1v) is 21.2. The third-order valence-corrected chi connectivity index (χ3v) is 13.6. The van der Waals surface area contributed by atoms with E-state index in [0.29, 0.717) is 37.9 Å². The number of likely N-dealkylation sites (tertiary alicyclic amines) is 2. The summed E-state index contributed by atoms with van der Waals surface area (Å²) in [6, 6.07) is 17.2. The fraction of sp³-hybridized carbons (Fsp3) is 0.467. The van der Waals surface area contributed by atoms with Crippen molar-refractivity contribution in [1.29, 1.82) is 0 Å². The van der Waals surface area contributed by atoms with Gasteiger partial charge in [-0.15, -0.1) is 0 Å². The number of alkyl carbamates (subject to hydrolysis) is 1. The molecule has 3 aromatic carbocycles. The number of benzene rings is 3. The van der Waals surface area contributed by atoms with Crippen LogP contribution in [0.4, 0.5) is 9.59 Å². The van der Waals surface area contributed by atoms with Gasteiger partial charge in [-0.25, -0.2) is 19.6 Å². The Kier molecular flexibility index (Phi) is 9.53. The summed E-state index contributed by atoms with van der Waals surface area (Å²) in [5.41, 5.74) is 5.53. The number of nitrogens with zero attached hydrogens (tertiary/aromatic N) is 4. The smallest absolute Gasteiger partial charge is 0.407 e. The van der Waals surface area contributed by atoms with Crippen LogP contribution in [-0.4, -0.2) is 103 Å². The maximum Gasteiger partial charge on any atom is 0.407 e. The second kappa shape index (κ2) is 14.9. The number of carbonyl (C=O) groups excluding carboxylic acids is 3. The van der Waals surface area contributed by atoms with Crippen LogP contribution in [0.1, 0.15) is 76.1 Å². The van der Waals surface area contributed by atoms with Crippen molar-refractivity contribution in [1.82, 2.24) is 40.4 Å². The number of hydrogen-bond acceptors (Lipinski definition) is 8. The average molecular weight is 815 g/mol. The molecule has 2 saturated carbocycles. The van der Waals surface area contributed by atoms with E-state index in [9.17, 15) is 24.3 Å². The second-order valence-electron chi connectivity index (χ2n) is 17.7. The minimum Gasteiger partial charge on any atom is -0.465 e. The fourth-order valence-corrected chi connectivity index (χ4v) is 10.2. The molecule has 3 saturated heterocycles. The lowest BCUT2D eigenvalue weighted by atomic mass is 9.90. The molecule has 5 N–H and O–H groups in total. The summed E-state index contributed by atoms with van der Waals surface area (Å²) in [5.74, 6) is 1.84. The van der Waals surface area contributed by atoms with Crippen molar-refractivity contribution < 1.29 is 33.8 Å². The van der Waals surface area contributed by atoms with Gasteiger partial charge in [0.1, 0.15) is 23.7 Å². The third-order valence-electron chi connectivity index (χ3n) is 13.6. The highest BCUT2D eigenvalue weighted by atomic mass is 16.5. The summed E-state index contributed by atoms with van der Waals surface area (Å²) in [4.78, 5) is 72.6. The number of fused-ring (bicyclic) bond motifs is 4. The predicted molar refractivity (Wildman–Crippen MR) is 221 cm³/mol. The number of carbonyl (C=O) groups is 4. The number of aromatic amines is 2. The Labute approximate surface area is 346 Å². The van der Waals surface area contributed by atoms with Crippen molar-refractivity contribution in [3.63, 3.8) is 0 Å². The molecule has 15 nitrogen and oxygen atoms in total. The van der Waals surface area contributed by atoms with Crippen molar-refractivity contribution >= 4 is 45.8 Å². The van der Waals surface area contributed by atoms with Crippen LogP contribution in [0.15, 0.2) is 60.8 Å². The molecule has 5 fully saturated rings. The van der Waals surface area contributed by atoms with Crippen LogP contribution in [-0.2, 0) is 19.1 Å². The Morgan fingerprint density at radius 2 is 1.43 bits per heavy atom. The summed E-state index contributed by atoms with van der Waals surface area (Å²) in [7, 11) is 1.30. The van der Waals surface area contributed by atoms with E-state index in [-0.39, 0.29) is 47.8 Å². The van der Waals surface area contributed by atoms with Crippen LogP contribution in [0, 0.1) is 23.7 Å². The Balaban J connectivity index is 0.860. The molecule has 2 unspecified atom stereocenters. The second-order valence-corrected chi connectivity index (χ2v) is 17.7. The first-order chi connectivity index (χ1) is 29.0. The summed E-state index contributed by atoms with van der Waals surface area (Å²) in [5, 5.41) is 17.1. The summed E-state index contributed by atoms with van der Waals surface area (Å²) in [6.07, 6.45) is 4.92. The largest absolute Gasteiger partial charge is 0.465 e. The number of piperidine rings is 2. The van der Waals surface area contributed by atoms with E-state index in [0.717, 1.165) is 81.5 Å². The van der Waals surface area contributed by atoms with Gasteiger partial charge in [-0.05, 0) is 108 Å². The van der Waals surface area contributed by atoms with Gasteiger partial charge in [0.25, 0.3) is 0 Å². The van der Waals surface area contributed by atoms with Crippen molar-refractivity contribution in [3.05, 3.63) is 72.4 Å². The number of hydrogen-bond donors (Lipinski definition) is 5. The molecular formula is C45H50N8O7. The lowest BCUT2D eigenvalue weighted by Crippen LogP contribution is -2.53. The zero-order valence-electron chi connectivity index (χ0n) is 33.9. The number of amides is 4. The zero-order chi connectivity index (χ0) is 41.4. The Hall–Kier alpha value is -5.96. The Morgan fingerprint density at radius 3 is 2.12 bits per heavy atom. The topological polar surface area (TPSA) is 195 Å². The average Bonchev–Trinajstić information content (AvgIpc) is 3.87. The number of carboxylic acid groups (broad SMARTS) is 1. The highest BCUT2D eigenvalue weighted by Crippen LogP contribution is 2.55. The van der Waals surface area contributed by atoms with Crippen LogP contribution >= 0.6 is 0 Å². The normalized spacial score (nSPS) is 25.5. The number of rotatable bonds is 10. The molecule has 8 atom stereocenters. The molecule has 5 aliphatic rings. The van der Waals surface area contributed by atoms with Gasteiger partial charge in [-0.2, -0.15) is 0 Å². The first-order valence-electron chi connectivity index (χ1n) is 21.2. The van der Waals surface area contributed by atoms with Crippen LogP contribution < -0.4 is 10.6 Å². The van der Waals surface area contributed by atoms with Gasteiger partial charge in [-0.3, -0.25) is 9.59 Å². The zero-order valence-corrected chi connectivity index (χ0v) is 33.9. The quantitative estimate of drug-likeness (QED) is 0.104. The number of aromatic nitrogens is 4. The van der Waals surface area contributed by atoms with Crippen molar-refractivity contribution in [2.45, 2.75) is 88.6 Å². The van der Waals surface area contributed by atoms with Gasteiger partial charge in [0.2, 0.25) is 11.8 Å². The minimum atomic E-state index is -1.19. The molecule has 3 aliphatic heterocycles. The summed E-state index contributed by atoms with van der Waals surface area (Å²) >= 11 is 0. The third kappa shape index (κ3) is 6.91. The highest BCUT2D eigenvalue weighted by molar-refractivity contribution is 5.92. The monoisotopic (exact) mass is 814 g/mol. The standard InChI is InChI=1S/C45H50N8O7/c1-22(2)38(51-45(58)59-3)42(54)52-34-17-29(34)19-36(52)40-46-21-33(49-40)28-7-6-24-14-25(4-5-26(24)15-28)27-8-9-31-32(16-27)48-41(47-31)37-20-30-18-35(30)53(37)43(55)39(50-44(56)57)23-10-12-60-13-11-23/h4-9,14-16,21-23,29-30,34-39,50H,10-13,17-20H2,1-3H3,(H,46,49)(H,47,48)(H,51,58)(H,56,57)/t29-,30-,34-,35-,36+,37+,38?,39?/m1/s1. The molecule has 0 spiro atoms. The number of H-pyrrole nitrogens is 2. The summed E-state index contributed by atoms with van der Waals surface area (Å²) in [6.45, 7) is 4.88. The SMILES string of the molecule is COC(=O)NC(C(=O)N1[C@@H]2C[C@@H]2C[C@H]1c1nc(-c2ccc3cc(-c4ccc5[nH]c([C@@H]6C[C@H]7C[C@H]7N6C(=O)C(NC(=O)O)C6CCOCC6)nc5c4)ccc3c2)c[nH]1)C(C)C. The van der Waals surface area contributed by atoms with E-state index < -0.39 is 24.3 Å². The number of nitrogens with one attached hydrogen (secondary N) is 4. The van der Waals surface area contributed by atoms with E-state index in [1.807, 2.05) is 35.9 Å². The van der Waals surface area contributed by atoms with Crippen LogP contribution in [0.2, 0.25) is 0 Å². The van der Waals surface area contributed by atoms with E-state index in [1.165, 1.54) is 7.11 Å². The van der Waals surface area contributed by atoms with Crippen LogP contribution in [0.3, 0.4) is 0 Å². The van der Waals surface area contributed by atoms with Crippen molar-refractivity contribution in [3.8, 4) is 22.4 Å². The number of imidazole rings is 2. The molecule has 15 heteroatoms. The van der Waals surface area contributed by atoms with Gasteiger partial charge in [0.15, 0.2) is 0 Å². The lowest BCUT2D eigenvalue weighted by Gasteiger charge is -2.35. The maximum atomic E-state index is 14.1. The molecule has 10 rings (SSSR count). The van der Waals surface area contributed by atoms with Gasteiger partial charge >= 0.3 is 12.2 Å². The molecule has 312 valence electrons. The Morgan fingerprint density at radius 1 is 0.800 bits per heavy atom. The molecule has 2 aliphatic carbocycles. The molecular weight excluding hydrogens is 765 g/mol. The van der Waals surface area contributed by atoms with E-state index in [4.69, 9.17) is 19.4 Å². The number of methoxy groups -OCH3 is 1. The molecule has 0 bridgehead atoms. The van der Waals surface area contributed by atoms with Gasteiger partial charge in [0.05, 0.1) is 35.9 Å². The van der Waals surface area contributed by atoms with Gasteiger partial charge in [-0.1, -0.05) is 44.2 Å². The lowest BCUT2D eigenvalue weighted by molar-refractivity contribution is -0.138. The highest BCUT2D eigenvalue weighted by Gasteiger charge is 2.57. The molecule has 2 aromatic heterocycles. The molecule has 60 heavy (non-hydrogen) atoms. The maximum absolute atomic E-state index is 14.1. The molecule has 5 aromatic rings. The molecule has 5 heterocycles. The predicted octanol–water partition coefficient (Wildman–Crippen LogP) is 6.54. The van der Waals surface area contributed by atoms with Crippen LogP contribution in [0.25, 0.3) is 44.2 Å². The van der Waals surface area contributed by atoms with Crippen molar-refractivity contribution in [2.24, 2.45) is 23.7 Å². The fourth-order valence-electron chi connectivity index (χ4n) is 10.2. The van der Waals surface area contributed by atoms with Crippen LogP contribution in [0.5, 0.6) is 0 Å². The van der Waals surface area contributed by atoms with E-state index in [2.05, 4.69) is 69.1 Å². The van der Waals surface area contributed by atoms with Gasteiger partial charge in [0, 0.05) is 37.1 Å². The first kappa shape index (κ1) is 38.3. The molecule has 0 radical (unpaired) electrons.